The van der Waals surface area contributed by atoms with Gasteiger partial charge in [0, 0.05) is 5.02 Å². The lowest BCUT2D eigenvalue weighted by Crippen LogP contribution is -2.27. The van der Waals surface area contributed by atoms with Gasteiger partial charge >= 0.3 is 0 Å². The zero-order valence-electron chi connectivity index (χ0n) is 13.0. The third kappa shape index (κ3) is 3.93. The summed E-state index contributed by atoms with van der Waals surface area (Å²) in [7, 11) is 2.87. The maximum absolute atomic E-state index is 13.8. The van der Waals surface area contributed by atoms with Gasteiger partial charge in [-0.05, 0) is 42.8 Å². The lowest BCUT2D eigenvalue weighted by molar-refractivity contribution is 0.0936. The third-order valence-corrected chi connectivity index (χ3v) is 3.66. The summed E-state index contributed by atoms with van der Waals surface area (Å²) < 4.78 is 23.8. The van der Waals surface area contributed by atoms with E-state index in [1.165, 1.54) is 32.4 Å². The van der Waals surface area contributed by atoms with Crippen LogP contribution in [-0.2, 0) is 0 Å². The highest BCUT2D eigenvalue weighted by atomic mass is 35.5. The molecule has 0 aromatic heterocycles. The second kappa shape index (κ2) is 7.33. The molecule has 0 saturated heterocycles. The minimum atomic E-state index is -0.480. The average molecular weight is 338 g/mol. The van der Waals surface area contributed by atoms with Crippen molar-refractivity contribution in [2.45, 2.75) is 13.0 Å². The van der Waals surface area contributed by atoms with E-state index in [-0.39, 0.29) is 11.7 Å². The summed E-state index contributed by atoms with van der Waals surface area (Å²) >= 11 is 5.93. The zero-order chi connectivity index (χ0) is 17.0. The molecule has 122 valence electrons. The van der Waals surface area contributed by atoms with Crippen molar-refractivity contribution in [3.05, 3.63) is 58.4 Å². The molecule has 0 radical (unpaired) electrons. The van der Waals surface area contributed by atoms with Gasteiger partial charge in [0.1, 0.15) is 5.75 Å². The molecule has 1 atom stereocenters. The van der Waals surface area contributed by atoms with Crippen LogP contribution in [0.1, 0.15) is 28.9 Å². The van der Waals surface area contributed by atoms with E-state index in [4.69, 9.17) is 21.1 Å². The normalized spacial score (nSPS) is 11.7. The van der Waals surface area contributed by atoms with Crippen LogP contribution in [0.25, 0.3) is 0 Å². The number of nitrogens with one attached hydrogen (secondary N) is 1. The van der Waals surface area contributed by atoms with E-state index in [0.717, 1.165) is 0 Å². The van der Waals surface area contributed by atoms with Crippen molar-refractivity contribution >= 4 is 17.5 Å². The van der Waals surface area contributed by atoms with Gasteiger partial charge in [-0.2, -0.15) is 0 Å². The van der Waals surface area contributed by atoms with Gasteiger partial charge in [0.2, 0.25) is 0 Å². The molecule has 0 bridgehead atoms. The molecule has 0 saturated carbocycles. The quantitative estimate of drug-likeness (QED) is 0.897. The van der Waals surface area contributed by atoms with Gasteiger partial charge < -0.3 is 14.8 Å². The molecule has 0 spiro atoms. The number of rotatable bonds is 5. The average Bonchev–Trinajstić information content (AvgIpc) is 2.54. The highest BCUT2D eigenvalue weighted by Gasteiger charge is 2.17. The molecule has 2 aromatic carbocycles. The Balaban J connectivity index is 2.20. The summed E-state index contributed by atoms with van der Waals surface area (Å²) in [6, 6.07) is 8.94. The summed E-state index contributed by atoms with van der Waals surface area (Å²) in [5.74, 6) is -0.261. The van der Waals surface area contributed by atoms with Gasteiger partial charge in [-0.25, -0.2) is 4.39 Å². The Morgan fingerprint density at radius 2 is 1.78 bits per heavy atom. The van der Waals surface area contributed by atoms with Gasteiger partial charge in [0.25, 0.3) is 5.91 Å². The maximum atomic E-state index is 13.8. The van der Waals surface area contributed by atoms with Crippen LogP contribution in [0.5, 0.6) is 11.5 Å². The van der Waals surface area contributed by atoms with Crippen molar-refractivity contribution in [3.8, 4) is 11.5 Å². The maximum Gasteiger partial charge on any atom is 0.255 e. The molecule has 0 heterocycles. The SMILES string of the molecule is COc1ccc([C@@H](C)NC(=O)c2cc(Cl)ccc2OC)cc1F. The first-order chi connectivity index (χ1) is 11.0. The van der Waals surface area contributed by atoms with E-state index in [1.54, 1.807) is 25.1 Å². The second-order valence-corrected chi connectivity index (χ2v) is 5.37. The third-order valence-electron chi connectivity index (χ3n) is 3.43. The summed E-state index contributed by atoms with van der Waals surface area (Å²) in [5, 5.41) is 3.22. The Morgan fingerprint density at radius 1 is 1.13 bits per heavy atom. The molecule has 1 N–H and O–H groups in total. The predicted molar refractivity (Wildman–Crippen MR) is 86.8 cm³/mol. The molecule has 0 aliphatic carbocycles. The number of amides is 1. The van der Waals surface area contributed by atoms with Gasteiger partial charge in [-0.1, -0.05) is 17.7 Å². The van der Waals surface area contributed by atoms with Crippen molar-refractivity contribution in [2.75, 3.05) is 14.2 Å². The van der Waals surface area contributed by atoms with Crippen LogP contribution in [0.3, 0.4) is 0 Å². The summed E-state index contributed by atoms with van der Waals surface area (Å²) in [6.07, 6.45) is 0. The molecule has 0 fully saturated rings. The molecule has 0 unspecified atom stereocenters. The number of benzene rings is 2. The summed E-state index contributed by atoms with van der Waals surface area (Å²) in [4.78, 5) is 12.4. The molecule has 4 nitrogen and oxygen atoms in total. The molecule has 1 amide bonds. The lowest BCUT2D eigenvalue weighted by Gasteiger charge is -2.16. The standard InChI is InChI=1S/C17H17ClFNO3/c1-10(11-4-6-16(23-3)14(19)8-11)20-17(21)13-9-12(18)5-7-15(13)22-2/h4-10H,1-3H3,(H,20,21)/t10-/m1/s1. The van der Waals surface area contributed by atoms with Gasteiger partial charge in [-0.15, -0.1) is 0 Å². The number of carbonyl (C=O) groups excluding carboxylic acids is 1. The number of hydrogen-bond acceptors (Lipinski definition) is 3. The van der Waals surface area contributed by atoms with Crippen LogP contribution in [0.4, 0.5) is 4.39 Å². The molecule has 0 aliphatic heterocycles. The summed E-state index contributed by atoms with van der Waals surface area (Å²) in [6.45, 7) is 1.76. The molecule has 6 heteroatoms. The topological polar surface area (TPSA) is 47.6 Å². The highest BCUT2D eigenvalue weighted by molar-refractivity contribution is 6.31. The molecular weight excluding hydrogens is 321 g/mol. The molecule has 23 heavy (non-hydrogen) atoms. The van der Waals surface area contributed by atoms with Crippen molar-refractivity contribution < 1.29 is 18.7 Å². The van der Waals surface area contributed by atoms with Crippen molar-refractivity contribution in [1.29, 1.82) is 0 Å². The molecule has 2 aromatic rings. The Morgan fingerprint density at radius 3 is 2.39 bits per heavy atom. The monoisotopic (exact) mass is 337 g/mol. The predicted octanol–water partition coefficient (Wildman–Crippen LogP) is 3.99. The molecular formula is C17H17ClFNO3. The largest absolute Gasteiger partial charge is 0.496 e. The van der Waals surface area contributed by atoms with Crippen LogP contribution < -0.4 is 14.8 Å². The zero-order valence-corrected chi connectivity index (χ0v) is 13.8. The number of hydrogen-bond donors (Lipinski definition) is 1. The second-order valence-electron chi connectivity index (χ2n) is 4.93. The van der Waals surface area contributed by atoms with Gasteiger partial charge in [0.05, 0.1) is 25.8 Å². The van der Waals surface area contributed by atoms with E-state index >= 15 is 0 Å². The number of halogens is 2. The fourth-order valence-corrected chi connectivity index (χ4v) is 2.34. The van der Waals surface area contributed by atoms with Crippen molar-refractivity contribution in [3.63, 3.8) is 0 Å². The van der Waals surface area contributed by atoms with Crippen LogP contribution in [-0.4, -0.2) is 20.1 Å². The van der Waals surface area contributed by atoms with Crippen LogP contribution in [0.15, 0.2) is 36.4 Å². The van der Waals surface area contributed by atoms with E-state index in [9.17, 15) is 9.18 Å². The van der Waals surface area contributed by atoms with Crippen molar-refractivity contribution in [2.24, 2.45) is 0 Å². The lowest BCUT2D eigenvalue weighted by atomic mass is 10.1. The van der Waals surface area contributed by atoms with E-state index in [2.05, 4.69) is 5.32 Å². The Bertz CT molecular complexity index is 721. The van der Waals surface area contributed by atoms with Gasteiger partial charge in [-0.3, -0.25) is 4.79 Å². The number of ether oxygens (including phenoxy) is 2. The minimum Gasteiger partial charge on any atom is -0.496 e. The Kier molecular flexibility index (Phi) is 5.45. The van der Waals surface area contributed by atoms with E-state index in [1.807, 2.05) is 0 Å². The van der Waals surface area contributed by atoms with E-state index in [0.29, 0.717) is 21.9 Å². The molecule has 2 rings (SSSR count). The number of carbonyl (C=O) groups is 1. The minimum absolute atomic E-state index is 0.156. The van der Waals surface area contributed by atoms with Crippen LogP contribution in [0.2, 0.25) is 5.02 Å². The fraction of sp³-hybridized carbons (Fsp3) is 0.235. The van der Waals surface area contributed by atoms with Gasteiger partial charge in [0.15, 0.2) is 11.6 Å². The first kappa shape index (κ1) is 17.1. The first-order valence-electron chi connectivity index (χ1n) is 6.94. The highest BCUT2D eigenvalue weighted by Crippen LogP contribution is 2.25. The molecule has 0 aliphatic rings. The van der Waals surface area contributed by atoms with Crippen LogP contribution >= 0.6 is 11.6 Å². The van der Waals surface area contributed by atoms with Crippen LogP contribution in [0, 0.1) is 5.82 Å². The fourth-order valence-electron chi connectivity index (χ4n) is 2.17. The first-order valence-corrected chi connectivity index (χ1v) is 7.32. The van der Waals surface area contributed by atoms with E-state index < -0.39 is 11.9 Å². The Hall–Kier alpha value is -2.27. The van der Waals surface area contributed by atoms with Crippen molar-refractivity contribution in [1.82, 2.24) is 5.32 Å². The Labute approximate surface area is 139 Å². The smallest absolute Gasteiger partial charge is 0.255 e. The number of methoxy groups -OCH3 is 2. The summed E-state index contributed by atoms with van der Waals surface area (Å²) in [5.41, 5.74) is 0.943.